The number of carbonyl (C=O) groups excluding carboxylic acids is 3. The molecule has 0 aliphatic carbocycles. The van der Waals surface area contributed by atoms with E-state index in [2.05, 4.69) is 10.6 Å². The maximum atomic E-state index is 12.8. The van der Waals surface area contributed by atoms with Crippen molar-refractivity contribution >= 4 is 17.9 Å². The van der Waals surface area contributed by atoms with Crippen molar-refractivity contribution in [3.63, 3.8) is 0 Å². The molecule has 2 rings (SSSR count). The molecule has 160 valence electrons. The molecular formula is C22H27N3O5. The van der Waals surface area contributed by atoms with Gasteiger partial charge < -0.3 is 25.8 Å². The summed E-state index contributed by atoms with van der Waals surface area (Å²) in [6.07, 6.45) is -0.247. The standard InChI is InChI=1S/C22H27N3O5/c1-14(2)30-20(26)12-19(16-8-10-18(29-3)11-9-16)25-21(27)17-6-4-15(5-7-17)13-24-22(23)28/h4-11,14,19H,12-13H2,1-3H3,(H,25,27)(H3,23,24,28)/t19-/m0/s1. The van der Waals surface area contributed by atoms with Crippen LogP contribution in [0.25, 0.3) is 0 Å². The normalized spacial score (nSPS) is 11.5. The van der Waals surface area contributed by atoms with Gasteiger partial charge in [-0.05, 0) is 49.2 Å². The highest BCUT2D eigenvalue weighted by Gasteiger charge is 2.21. The van der Waals surface area contributed by atoms with Gasteiger partial charge in [0.1, 0.15) is 5.75 Å². The van der Waals surface area contributed by atoms with Gasteiger partial charge in [0.15, 0.2) is 0 Å². The quantitative estimate of drug-likeness (QED) is 0.546. The third kappa shape index (κ3) is 7.12. The number of ether oxygens (including phenoxy) is 2. The Morgan fingerprint density at radius 2 is 1.63 bits per heavy atom. The highest BCUT2D eigenvalue weighted by Crippen LogP contribution is 2.22. The molecule has 0 saturated heterocycles. The predicted molar refractivity (Wildman–Crippen MR) is 112 cm³/mol. The van der Waals surface area contributed by atoms with Crippen LogP contribution in [0, 0.1) is 0 Å². The van der Waals surface area contributed by atoms with E-state index in [1.807, 2.05) is 0 Å². The number of primary amides is 1. The number of esters is 1. The minimum atomic E-state index is -0.618. The summed E-state index contributed by atoms with van der Waals surface area (Å²) >= 11 is 0. The molecular weight excluding hydrogens is 386 g/mol. The zero-order chi connectivity index (χ0) is 22.1. The Morgan fingerprint density at radius 1 is 1.00 bits per heavy atom. The molecule has 2 aromatic rings. The number of nitrogens with one attached hydrogen (secondary N) is 2. The number of hydrogen-bond donors (Lipinski definition) is 3. The van der Waals surface area contributed by atoms with Crippen LogP contribution in [-0.2, 0) is 16.1 Å². The lowest BCUT2D eigenvalue weighted by Crippen LogP contribution is -2.31. The van der Waals surface area contributed by atoms with E-state index in [1.54, 1.807) is 69.5 Å². The minimum Gasteiger partial charge on any atom is -0.497 e. The van der Waals surface area contributed by atoms with E-state index in [-0.39, 0.29) is 25.0 Å². The number of amides is 3. The van der Waals surface area contributed by atoms with Gasteiger partial charge in [-0.15, -0.1) is 0 Å². The van der Waals surface area contributed by atoms with Crippen LogP contribution in [0.1, 0.15) is 47.8 Å². The van der Waals surface area contributed by atoms with E-state index in [0.717, 1.165) is 11.1 Å². The molecule has 3 amide bonds. The van der Waals surface area contributed by atoms with Crippen LogP contribution in [0.15, 0.2) is 48.5 Å². The zero-order valence-electron chi connectivity index (χ0n) is 17.3. The van der Waals surface area contributed by atoms with Crippen molar-refractivity contribution in [2.24, 2.45) is 5.73 Å². The first-order chi connectivity index (χ1) is 14.3. The number of hydrogen-bond acceptors (Lipinski definition) is 5. The number of benzene rings is 2. The van der Waals surface area contributed by atoms with E-state index in [0.29, 0.717) is 11.3 Å². The van der Waals surface area contributed by atoms with Gasteiger partial charge in [-0.2, -0.15) is 0 Å². The maximum absolute atomic E-state index is 12.8. The first-order valence-corrected chi connectivity index (χ1v) is 9.55. The molecule has 2 aromatic carbocycles. The monoisotopic (exact) mass is 413 g/mol. The van der Waals surface area contributed by atoms with Crippen molar-refractivity contribution in [1.29, 1.82) is 0 Å². The van der Waals surface area contributed by atoms with Crippen molar-refractivity contribution in [1.82, 2.24) is 10.6 Å². The molecule has 0 aliphatic rings. The molecule has 0 aliphatic heterocycles. The molecule has 4 N–H and O–H groups in total. The number of nitrogens with two attached hydrogens (primary N) is 1. The molecule has 0 fully saturated rings. The number of methoxy groups -OCH3 is 1. The lowest BCUT2D eigenvalue weighted by atomic mass is 10.0. The SMILES string of the molecule is COc1ccc([C@H](CC(=O)OC(C)C)NC(=O)c2ccc(CNC(N)=O)cc2)cc1. The Hall–Kier alpha value is -3.55. The van der Waals surface area contributed by atoms with Crippen LogP contribution in [0.3, 0.4) is 0 Å². The number of carbonyl (C=O) groups is 3. The molecule has 1 atom stereocenters. The van der Waals surface area contributed by atoms with Crippen LogP contribution in [0.2, 0.25) is 0 Å². The van der Waals surface area contributed by atoms with E-state index in [1.165, 1.54) is 0 Å². The zero-order valence-corrected chi connectivity index (χ0v) is 17.3. The van der Waals surface area contributed by atoms with Crippen LogP contribution >= 0.6 is 0 Å². The summed E-state index contributed by atoms with van der Waals surface area (Å²) in [6.45, 7) is 3.81. The first-order valence-electron chi connectivity index (χ1n) is 9.55. The lowest BCUT2D eigenvalue weighted by molar-refractivity contribution is -0.147. The summed E-state index contributed by atoms with van der Waals surface area (Å²) in [5.41, 5.74) is 7.04. The smallest absolute Gasteiger partial charge is 0.312 e. The van der Waals surface area contributed by atoms with Crippen LogP contribution < -0.4 is 21.1 Å². The van der Waals surface area contributed by atoms with Crippen molar-refractivity contribution in [3.8, 4) is 5.75 Å². The lowest BCUT2D eigenvalue weighted by Gasteiger charge is -2.20. The van der Waals surface area contributed by atoms with Crippen molar-refractivity contribution < 1.29 is 23.9 Å². The largest absolute Gasteiger partial charge is 0.497 e. The predicted octanol–water partition coefficient (Wildman–Crippen LogP) is 2.68. The Labute approximate surface area is 175 Å². The number of rotatable bonds is 9. The summed E-state index contributed by atoms with van der Waals surface area (Å²) in [4.78, 5) is 35.8. The average molecular weight is 413 g/mol. The van der Waals surface area contributed by atoms with Crippen LogP contribution in [-0.4, -0.2) is 31.1 Å². The third-order valence-electron chi connectivity index (χ3n) is 4.24. The maximum Gasteiger partial charge on any atom is 0.312 e. The summed E-state index contributed by atoms with van der Waals surface area (Å²) in [5, 5.41) is 5.38. The molecule has 0 spiro atoms. The van der Waals surface area contributed by atoms with Gasteiger partial charge in [0.25, 0.3) is 5.91 Å². The van der Waals surface area contributed by atoms with E-state index in [9.17, 15) is 14.4 Å². The van der Waals surface area contributed by atoms with E-state index >= 15 is 0 Å². The van der Waals surface area contributed by atoms with Crippen molar-refractivity contribution in [3.05, 3.63) is 65.2 Å². The number of urea groups is 1. The van der Waals surface area contributed by atoms with Crippen LogP contribution in [0.5, 0.6) is 5.75 Å². The molecule has 0 heterocycles. The van der Waals surface area contributed by atoms with Gasteiger partial charge in [-0.25, -0.2) is 4.79 Å². The summed E-state index contributed by atoms with van der Waals surface area (Å²) in [7, 11) is 1.57. The second kappa shape index (κ2) is 10.8. The second-order valence-electron chi connectivity index (χ2n) is 6.96. The molecule has 8 heteroatoms. The van der Waals surface area contributed by atoms with Crippen LogP contribution in [0.4, 0.5) is 4.79 Å². The van der Waals surface area contributed by atoms with E-state index < -0.39 is 18.0 Å². The fourth-order valence-corrected chi connectivity index (χ4v) is 2.77. The first kappa shape index (κ1) is 22.7. The molecule has 0 aromatic heterocycles. The van der Waals surface area contributed by atoms with Gasteiger partial charge in [-0.1, -0.05) is 24.3 Å². The van der Waals surface area contributed by atoms with Gasteiger partial charge in [0, 0.05) is 12.1 Å². The molecule has 0 bridgehead atoms. The molecule has 0 unspecified atom stereocenters. The van der Waals surface area contributed by atoms with Gasteiger partial charge >= 0.3 is 12.0 Å². The molecule has 0 radical (unpaired) electrons. The van der Waals surface area contributed by atoms with Gasteiger partial charge in [0.2, 0.25) is 0 Å². The third-order valence-corrected chi connectivity index (χ3v) is 4.24. The fraction of sp³-hybridized carbons (Fsp3) is 0.318. The Morgan fingerprint density at radius 3 is 2.17 bits per heavy atom. The van der Waals surface area contributed by atoms with Crippen molar-refractivity contribution in [2.45, 2.75) is 39.0 Å². The van der Waals surface area contributed by atoms with Gasteiger partial charge in [0.05, 0.1) is 25.7 Å². The average Bonchev–Trinajstić information content (AvgIpc) is 2.71. The highest BCUT2D eigenvalue weighted by atomic mass is 16.5. The summed E-state index contributed by atoms with van der Waals surface area (Å²) in [6, 6.07) is 12.7. The Bertz CT molecular complexity index is 863. The topological polar surface area (TPSA) is 120 Å². The van der Waals surface area contributed by atoms with Crippen molar-refractivity contribution in [2.75, 3.05) is 7.11 Å². The Balaban J connectivity index is 2.13. The highest BCUT2D eigenvalue weighted by molar-refractivity contribution is 5.94. The molecule has 30 heavy (non-hydrogen) atoms. The molecule has 8 nitrogen and oxygen atoms in total. The second-order valence-corrected chi connectivity index (χ2v) is 6.96. The van der Waals surface area contributed by atoms with Gasteiger partial charge in [-0.3, -0.25) is 9.59 Å². The summed E-state index contributed by atoms with van der Waals surface area (Å²) < 4.78 is 10.4. The summed E-state index contributed by atoms with van der Waals surface area (Å²) in [5.74, 6) is -0.0599. The molecule has 0 saturated carbocycles. The fourth-order valence-electron chi connectivity index (χ4n) is 2.77. The minimum absolute atomic E-state index is 0.00311. The Kier molecular flexibility index (Phi) is 8.22. The van der Waals surface area contributed by atoms with E-state index in [4.69, 9.17) is 15.2 Å².